The molecule has 43 heavy (non-hydrogen) atoms. The van der Waals surface area contributed by atoms with E-state index in [1.807, 2.05) is 13.1 Å². The number of pyridine rings is 1. The SMILES string of the molecule is CCn1c(-c2nonc2N)nc2c(-c3ccccc3)ncc(C(=O)N(CCCN3CCN(C)CC3)OC(=O)C(F)(F)F)c21. The molecule has 4 heterocycles. The van der Waals surface area contributed by atoms with Crippen molar-refractivity contribution in [2.24, 2.45) is 0 Å². The first-order valence-electron chi connectivity index (χ1n) is 13.6. The van der Waals surface area contributed by atoms with Gasteiger partial charge in [-0.05, 0) is 30.7 Å². The molecule has 0 aliphatic carbocycles. The van der Waals surface area contributed by atoms with Crippen molar-refractivity contribution in [3.05, 3.63) is 42.1 Å². The standard InChI is InChI=1S/C27H30F3N9O4/c1-3-38-22-18(25(40)39(42-26(41)27(28,29)30)11-7-10-37-14-12-36(2)13-15-37)16-32-19(17-8-5-4-6-9-17)20(22)33-24(38)21-23(31)35-43-34-21/h4-6,8-9,16H,3,7,10-15H2,1-2H3,(H2,31,35). The molecule has 13 nitrogen and oxygen atoms in total. The fraction of sp³-hybridized carbons (Fsp3) is 0.407. The molecule has 5 rings (SSSR count). The monoisotopic (exact) mass is 601 g/mol. The van der Waals surface area contributed by atoms with Gasteiger partial charge in [0.05, 0.1) is 23.3 Å². The van der Waals surface area contributed by atoms with Crippen LogP contribution in [0.1, 0.15) is 23.7 Å². The summed E-state index contributed by atoms with van der Waals surface area (Å²) in [6.45, 7) is 5.49. The molecule has 1 saturated heterocycles. The van der Waals surface area contributed by atoms with Crippen LogP contribution >= 0.6 is 0 Å². The summed E-state index contributed by atoms with van der Waals surface area (Å²) >= 11 is 0. The molecule has 1 aliphatic heterocycles. The van der Waals surface area contributed by atoms with Crippen molar-refractivity contribution < 1.29 is 32.2 Å². The number of hydrogen-bond donors (Lipinski definition) is 1. The number of carbonyl (C=O) groups is 2. The van der Waals surface area contributed by atoms with Crippen LogP contribution in [0.3, 0.4) is 0 Å². The second kappa shape index (κ2) is 12.3. The fourth-order valence-electron chi connectivity index (χ4n) is 4.93. The van der Waals surface area contributed by atoms with Crippen molar-refractivity contribution in [2.45, 2.75) is 26.1 Å². The number of hydrogen-bond acceptors (Lipinski definition) is 11. The Kier molecular flexibility index (Phi) is 8.59. The number of fused-ring (bicyclic) bond motifs is 1. The average Bonchev–Trinajstić information content (AvgIpc) is 3.59. The summed E-state index contributed by atoms with van der Waals surface area (Å²) in [5.41, 5.74) is 7.53. The number of rotatable bonds is 8. The van der Waals surface area contributed by atoms with Crippen molar-refractivity contribution in [1.82, 2.24) is 39.7 Å². The second-order valence-electron chi connectivity index (χ2n) is 10.0. The summed E-state index contributed by atoms with van der Waals surface area (Å²) in [5, 5.41) is 7.91. The van der Waals surface area contributed by atoms with Gasteiger partial charge in [0.2, 0.25) is 0 Å². The van der Waals surface area contributed by atoms with E-state index in [1.54, 1.807) is 35.8 Å². The number of amides is 1. The molecule has 2 N–H and O–H groups in total. The van der Waals surface area contributed by atoms with Crippen LogP contribution in [0.4, 0.5) is 19.0 Å². The summed E-state index contributed by atoms with van der Waals surface area (Å²) in [6, 6.07) is 9.03. The number of carbonyl (C=O) groups excluding carboxylic acids is 2. The Morgan fingerprint density at radius 1 is 1.09 bits per heavy atom. The Bertz CT molecular complexity index is 1600. The molecule has 1 aliphatic rings. The Balaban J connectivity index is 1.57. The largest absolute Gasteiger partial charge is 0.493 e. The first-order valence-corrected chi connectivity index (χ1v) is 13.6. The number of aromatic nitrogens is 5. The maximum absolute atomic E-state index is 13.9. The van der Waals surface area contributed by atoms with Gasteiger partial charge in [-0.25, -0.2) is 14.4 Å². The molecule has 0 saturated carbocycles. The van der Waals surface area contributed by atoms with Crippen LogP contribution in [-0.4, -0.2) is 104 Å². The second-order valence-corrected chi connectivity index (χ2v) is 10.0. The molecule has 0 atom stereocenters. The number of imidazole rings is 1. The van der Waals surface area contributed by atoms with Crippen LogP contribution in [0.2, 0.25) is 0 Å². The van der Waals surface area contributed by atoms with Gasteiger partial charge < -0.3 is 24.9 Å². The number of hydroxylamine groups is 2. The topological polar surface area (TPSA) is 149 Å². The van der Waals surface area contributed by atoms with E-state index in [-0.39, 0.29) is 53.4 Å². The van der Waals surface area contributed by atoms with Gasteiger partial charge in [-0.1, -0.05) is 30.3 Å². The lowest BCUT2D eigenvalue weighted by molar-refractivity contribution is -0.228. The maximum Gasteiger partial charge on any atom is 0.493 e. The lowest BCUT2D eigenvalue weighted by Gasteiger charge is -2.32. The number of anilines is 1. The van der Waals surface area contributed by atoms with Gasteiger partial charge >= 0.3 is 12.1 Å². The van der Waals surface area contributed by atoms with Crippen molar-refractivity contribution in [1.29, 1.82) is 0 Å². The molecule has 228 valence electrons. The number of halogens is 3. The highest BCUT2D eigenvalue weighted by Crippen LogP contribution is 2.34. The molecular weight excluding hydrogens is 571 g/mol. The zero-order valence-corrected chi connectivity index (χ0v) is 23.5. The molecule has 0 unspecified atom stereocenters. The minimum absolute atomic E-state index is 0.0447. The summed E-state index contributed by atoms with van der Waals surface area (Å²) in [6.07, 6.45) is -3.81. The highest BCUT2D eigenvalue weighted by Gasteiger charge is 2.44. The number of likely N-dealkylation sites (N-methyl/N-ethyl adjacent to an activating group) is 1. The van der Waals surface area contributed by atoms with Crippen LogP contribution in [-0.2, 0) is 16.2 Å². The highest BCUT2D eigenvalue weighted by atomic mass is 19.4. The van der Waals surface area contributed by atoms with E-state index in [0.29, 0.717) is 22.9 Å². The van der Waals surface area contributed by atoms with E-state index in [0.717, 1.165) is 26.2 Å². The zero-order chi connectivity index (χ0) is 30.7. The predicted octanol–water partition coefficient (Wildman–Crippen LogP) is 2.85. The van der Waals surface area contributed by atoms with Crippen LogP contribution in [0, 0.1) is 0 Å². The lowest BCUT2D eigenvalue weighted by Crippen LogP contribution is -2.45. The lowest BCUT2D eigenvalue weighted by atomic mass is 10.1. The van der Waals surface area contributed by atoms with Gasteiger partial charge in [0.25, 0.3) is 5.91 Å². The average molecular weight is 602 g/mol. The molecule has 1 amide bonds. The fourth-order valence-corrected chi connectivity index (χ4v) is 4.93. The van der Waals surface area contributed by atoms with Crippen molar-refractivity contribution in [3.8, 4) is 22.8 Å². The smallest absolute Gasteiger partial charge is 0.379 e. The Morgan fingerprint density at radius 3 is 2.44 bits per heavy atom. The quantitative estimate of drug-likeness (QED) is 0.297. The molecule has 1 fully saturated rings. The van der Waals surface area contributed by atoms with Gasteiger partial charge in [-0.3, -0.25) is 9.78 Å². The third-order valence-corrected chi connectivity index (χ3v) is 7.17. The number of benzene rings is 1. The molecule has 3 aromatic heterocycles. The number of nitrogens with two attached hydrogens (primary N) is 1. The Hall–Kier alpha value is -4.57. The molecule has 1 aromatic carbocycles. The molecular formula is C27H30F3N9O4. The van der Waals surface area contributed by atoms with E-state index < -0.39 is 18.1 Å². The summed E-state index contributed by atoms with van der Waals surface area (Å²) in [4.78, 5) is 44.0. The maximum atomic E-state index is 13.9. The van der Waals surface area contributed by atoms with Crippen molar-refractivity contribution in [3.63, 3.8) is 0 Å². The van der Waals surface area contributed by atoms with Gasteiger partial charge in [0.1, 0.15) is 5.52 Å². The Labute approximate surface area is 243 Å². The number of aryl methyl sites for hydroxylation is 1. The highest BCUT2D eigenvalue weighted by molar-refractivity contribution is 6.08. The molecule has 0 bridgehead atoms. The summed E-state index contributed by atoms with van der Waals surface area (Å²) in [7, 11) is 2.01. The van der Waals surface area contributed by atoms with E-state index >= 15 is 0 Å². The van der Waals surface area contributed by atoms with Crippen LogP contribution in [0.15, 0.2) is 41.2 Å². The zero-order valence-electron chi connectivity index (χ0n) is 23.5. The van der Waals surface area contributed by atoms with Crippen molar-refractivity contribution >= 4 is 28.7 Å². The summed E-state index contributed by atoms with van der Waals surface area (Å²) in [5.74, 6) is -3.32. The first kappa shape index (κ1) is 29.9. The Morgan fingerprint density at radius 2 is 1.81 bits per heavy atom. The minimum Gasteiger partial charge on any atom is -0.379 e. The number of alkyl halides is 3. The van der Waals surface area contributed by atoms with E-state index in [2.05, 4.69) is 34.9 Å². The van der Waals surface area contributed by atoms with Crippen molar-refractivity contribution in [2.75, 3.05) is 52.0 Å². The molecule has 16 heteroatoms. The molecule has 0 radical (unpaired) electrons. The van der Waals surface area contributed by atoms with E-state index in [9.17, 15) is 22.8 Å². The van der Waals surface area contributed by atoms with Crippen LogP contribution in [0.25, 0.3) is 33.8 Å². The number of nitrogen functional groups attached to an aromatic ring is 1. The third-order valence-electron chi connectivity index (χ3n) is 7.17. The summed E-state index contributed by atoms with van der Waals surface area (Å²) < 4.78 is 46.1. The van der Waals surface area contributed by atoms with Gasteiger partial charge in [-0.2, -0.15) is 18.2 Å². The van der Waals surface area contributed by atoms with E-state index in [4.69, 9.17) is 10.4 Å². The molecule has 4 aromatic rings. The van der Waals surface area contributed by atoms with E-state index in [1.165, 1.54) is 6.20 Å². The normalized spacial score (nSPS) is 14.7. The number of piperazine rings is 1. The predicted molar refractivity (Wildman–Crippen MR) is 148 cm³/mol. The molecule has 0 spiro atoms. The number of nitrogens with zero attached hydrogens (tertiary/aromatic N) is 8. The third kappa shape index (κ3) is 6.29. The van der Waals surface area contributed by atoms with Gasteiger partial charge in [0, 0.05) is 51.0 Å². The van der Waals surface area contributed by atoms with Crippen LogP contribution in [0.5, 0.6) is 0 Å². The van der Waals surface area contributed by atoms with Gasteiger partial charge in [0.15, 0.2) is 17.3 Å². The first-order chi connectivity index (χ1) is 20.6. The van der Waals surface area contributed by atoms with Gasteiger partial charge in [-0.15, -0.1) is 0 Å². The van der Waals surface area contributed by atoms with Crippen LogP contribution < -0.4 is 5.73 Å². The minimum atomic E-state index is -5.31.